The monoisotopic (exact) mass is 488 g/mol. The summed E-state index contributed by atoms with van der Waals surface area (Å²) in [7, 11) is 0. The average molecular weight is 489 g/mol. The molecular formula is C36H42Li2. The predicted octanol–water partition coefficient (Wildman–Crippen LogP) is 8.47. The zero-order valence-corrected chi connectivity index (χ0v) is 22.9. The maximum absolute atomic E-state index is 4.11. The minimum absolute atomic E-state index is 0. The van der Waals surface area contributed by atoms with Crippen molar-refractivity contribution in [2.75, 3.05) is 0 Å². The van der Waals surface area contributed by atoms with Crippen molar-refractivity contribution in [3.8, 4) is 0 Å². The molecular weight excluding hydrogens is 446 g/mol. The Morgan fingerprint density at radius 1 is 0.763 bits per heavy atom. The van der Waals surface area contributed by atoms with Crippen LogP contribution >= 0.6 is 0 Å². The van der Waals surface area contributed by atoms with Crippen LogP contribution in [0.4, 0.5) is 0 Å². The molecule has 0 nitrogen and oxygen atoms in total. The molecule has 3 aliphatic rings. The summed E-state index contributed by atoms with van der Waals surface area (Å²) in [6, 6.07) is 18.4. The van der Waals surface area contributed by atoms with Crippen molar-refractivity contribution in [2.45, 2.75) is 72.6 Å². The first-order valence-corrected chi connectivity index (χ1v) is 13.9. The van der Waals surface area contributed by atoms with E-state index >= 15 is 0 Å². The fraction of sp³-hybridized carbons (Fsp3) is 0.361. The number of benzene rings is 2. The summed E-state index contributed by atoms with van der Waals surface area (Å²) < 4.78 is 0. The summed E-state index contributed by atoms with van der Waals surface area (Å²) in [4.78, 5) is 0. The van der Waals surface area contributed by atoms with E-state index in [1.165, 1.54) is 68.5 Å². The number of hydrogen-bond acceptors (Lipinski definition) is 0. The standard InChI is InChI=1S/C36H40.2Li.2H/c1-7-24(3)21-31(28-13-9-26(5)10-14-28)22-33-35(34-29-15-16-30(34)18-17-29)36(33,23-25(4)8-2)32-19-11-27(6)12-20-32;;;;/h9-20,24-25H,7-8,21,23H2,1-6H3;;;;. The fourth-order valence-corrected chi connectivity index (χ4v) is 5.84. The van der Waals surface area contributed by atoms with Gasteiger partial charge in [-0.2, -0.15) is 0 Å². The molecule has 3 atom stereocenters. The Labute approximate surface area is 255 Å². The van der Waals surface area contributed by atoms with Gasteiger partial charge < -0.3 is 0 Å². The van der Waals surface area contributed by atoms with Crippen LogP contribution in [-0.2, 0) is 5.41 Å². The molecule has 3 aliphatic carbocycles. The molecule has 2 aromatic carbocycles. The summed E-state index contributed by atoms with van der Waals surface area (Å²) in [5, 5.41) is 0. The van der Waals surface area contributed by atoms with Crippen molar-refractivity contribution in [2.24, 2.45) is 11.8 Å². The van der Waals surface area contributed by atoms with Crippen molar-refractivity contribution < 1.29 is 0 Å². The van der Waals surface area contributed by atoms with Crippen LogP contribution in [-0.4, -0.2) is 37.7 Å². The van der Waals surface area contributed by atoms with E-state index in [2.05, 4.69) is 120 Å². The molecule has 0 heterocycles. The second-order valence-electron chi connectivity index (χ2n) is 11.4. The molecule has 5 rings (SSSR count). The third-order valence-electron chi connectivity index (χ3n) is 8.57. The molecule has 38 heavy (non-hydrogen) atoms. The first-order chi connectivity index (χ1) is 17.4. The van der Waals surface area contributed by atoms with Crippen molar-refractivity contribution >= 4 is 43.3 Å². The third kappa shape index (κ3) is 5.69. The van der Waals surface area contributed by atoms with Gasteiger partial charge in [-0.05, 0) is 71.9 Å². The maximum atomic E-state index is 4.11. The van der Waals surface area contributed by atoms with E-state index in [0.29, 0.717) is 11.8 Å². The Morgan fingerprint density at radius 2 is 1.29 bits per heavy atom. The van der Waals surface area contributed by atoms with Gasteiger partial charge in [0.25, 0.3) is 0 Å². The number of aryl methyl sites for hydroxylation is 2. The van der Waals surface area contributed by atoms with Crippen molar-refractivity contribution in [1.82, 2.24) is 0 Å². The summed E-state index contributed by atoms with van der Waals surface area (Å²) >= 11 is 0. The van der Waals surface area contributed by atoms with Gasteiger partial charge in [0.15, 0.2) is 0 Å². The van der Waals surface area contributed by atoms with Gasteiger partial charge in [0, 0.05) is 11.1 Å². The Bertz CT molecular complexity index is 1330. The van der Waals surface area contributed by atoms with Gasteiger partial charge in [0.05, 0.1) is 5.41 Å². The molecule has 0 radical (unpaired) electrons. The van der Waals surface area contributed by atoms with E-state index in [-0.39, 0.29) is 43.1 Å². The molecule has 0 saturated heterocycles. The van der Waals surface area contributed by atoms with Crippen LogP contribution in [0.5, 0.6) is 0 Å². The Hall–Kier alpha value is -1.89. The van der Waals surface area contributed by atoms with E-state index < -0.39 is 0 Å². The van der Waals surface area contributed by atoms with Crippen LogP contribution < -0.4 is 0 Å². The molecule has 0 spiro atoms. The number of rotatable bonds is 8. The Kier molecular flexibility index (Phi) is 10.1. The summed E-state index contributed by atoms with van der Waals surface area (Å²) in [5.41, 5.74) is 17.9. The molecule has 0 aromatic heterocycles. The van der Waals surface area contributed by atoms with Gasteiger partial charge in [-0.25, -0.2) is 0 Å². The molecule has 0 N–H and O–H groups in total. The van der Waals surface area contributed by atoms with E-state index in [1.807, 2.05) is 0 Å². The van der Waals surface area contributed by atoms with Crippen LogP contribution in [0.3, 0.4) is 0 Å². The normalized spacial score (nSPS) is 20.2. The van der Waals surface area contributed by atoms with Crippen molar-refractivity contribution in [1.29, 1.82) is 0 Å². The Balaban J connectivity index is 0.00000200. The van der Waals surface area contributed by atoms with Gasteiger partial charge in [-0.1, -0.05) is 124 Å². The van der Waals surface area contributed by atoms with E-state index in [1.54, 1.807) is 0 Å². The van der Waals surface area contributed by atoms with E-state index in [0.717, 1.165) is 12.8 Å². The molecule has 188 valence electrons. The topological polar surface area (TPSA) is 0 Å². The van der Waals surface area contributed by atoms with Gasteiger partial charge in [0.1, 0.15) is 0 Å². The zero-order valence-electron chi connectivity index (χ0n) is 22.9. The summed E-state index contributed by atoms with van der Waals surface area (Å²) in [6.45, 7) is 13.8. The summed E-state index contributed by atoms with van der Waals surface area (Å²) in [6.07, 6.45) is 13.7. The second kappa shape index (κ2) is 12.5. The van der Waals surface area contributed by atoms with Crippen molar-refractivity contribution in [3.63, 3.8) is 0 Å². The molecule has 2 heteroatoms. The molecule has 0 aliphatic heterocycles. The molecule has 2 bridgehead atoms. The van der Waals surface area contributed by atoms with Crippen LogP contribution in [0.15, 0.2) is 106 Å². The molecule has 3 unspecified atom stereocenters. The van der Waals surface area contributed by atoms with Gasteiger partial charge in [0.2, 0.25) is 0 Å². The number of hydrogen-bond donors (Lipinski definition) is 0. The van der Waals surface area contributed by atoms with Crippen LogP contribution in [0, 0.1) is 25.7 Å². The van der Waals surface area contributed by atoms with Crippen LogP contribution in [0.2, 0.25) is 0 Å². The van der Waals surface area contributed by atoms with Gasteiger partial charge in [-0.3, -0.25) is 0 Å². The average Bonchev–Trinajstić information content (AvgIpc) is 3.16. The fourth-order valence-electron chi connectivity index (χ4n) is 5.84. The first-order valence-electron chi connectivity index (χ1n) is 13.9. The first kappa shape index (κ1) is 30.7. The van der Waals surface area contributed by atoms with E-state index in [9.17, 15) is 0 Å². The minimum atomic E-state index is -0.0571. The molecule has 2 aromatic rings. The second-order valence-corrected chi connectivity index (χ2v) is 11.4. The quantitative estimate of drug-likeness (QED) is 0.258. The molecule has 1 fully saturated rings. The number of fused-ring (bicyclic) bond motifs is 2. The van der Waals surface area contributed by atoms with E-state index in [4.69, 9.17) is 0 Å². The molecule has 0 amide bonds. The number of allylic oxidation sites excluding steroid dienone is 9. The zero-order chi connectivity index (χ0) is 25.4. The van der Waals surface area contributed by atoms with Crippen molar-refractivity contribution in [3.05, 3.63) is 129 Å². The summed E-state index contributed by atoms with van der Waals surface area (Å²) in [5.74, 6) is 1.26. The Morgan fingerprint density at radius 3 is 1.79 bits per heavy atom. The predicted molar refractivity (Wildman–Crippen MR) is 169 cm³/mol. The van der Waals surface area contributed by atoms with Crippen LogP contribution in [0.25, 0.3) is 5.57 Å². The third-order valence-corrected chi connectivity index (χ3v) is 8.57. The van der Waals surface area contributed by atoms with Gasteiger partial charge >= 0.3 is 37.7 Å². The van der Waals surface area contributed by atoms with Crippen LogP contribution in [0.1, 0.15) is 75.6 Å². The SMILES string of the molecule is CCC(C)CC(=C=C1C(=C2C3=CC=C2C=C3)C1(CC(C)CC)c1ccc(C)cc1)c1ccc(C)cc1.[LiH].[LiH]. The van der Waals surface area contributed by atoms with Gasteiger partial charge in [-0.15, -0.1) is 5.73 Å². The molecule has 1 saturated carbocycles.